The van der Waals surface area contributed by atoms with Gasteiger partial charge in [-0.25, -0.2) is 8.78 Å². The van der Waals surface area contributed by atoms with Crippen molar-refractivity contribution in [2.75, 3.05) is 26.3 Å². The van der Waals surface area contributed by atoms with Gasteiger partial charge in [0.15, 0.2) is 0 Å². The van der Waals surface area contributed by atoms with Crippen LogP contribution in [0.4, 0.5) is 8.78 Å². The summed E-state index contributed by atoms with van der Waals surface area (Å²) < 4.78 is 32.0. The number of halogens is 2. The Labute approximate surface area is 142 Å². The van der Waals surface area contributed by atoms with Gasteiger partial charge in [-0.1, -0.05) is 6.07 Å². The maximum atomic E-state index is 13.7. The Kier molecular flexibility index (Phi) is 5.82. The second kappa shape index (κ2) is 8.06. The zero-order valence-corrected chi connectivity index (χ0v) is 14.0. The maximum Gasteiger partial charge on any atom is 0.225 e. The number of benzene rings is 1. The second-order valence-electron chi connectivity index (χ2n) is 6.95. The Hall–Kier alpha value is -1.49. The number of ether oxygens (including phenoxy) is 1. The van der Waals surface area contributed by atoms with Gasteiger partial charge in [-0.05, 0) is 56.1 Å². The number of hydrogen-bond acceptors (Lipinski definition) is 2. The molecule has 1 atom stereocenters. The lowest BCUT2D eigenvalue weighted by Crippen LogP contribution is -2.44. The molecule has 0 N–H and O–H groups in total. The van der Waals surface area contributed by atoms with Gasteiger partial charge in [0, 0.05) is 38.3 Å². The molecule has 0 bridgehead atoms. The molecule has 2 aliphatic heterocycles. The van der Waals surface area contributed by atoms with Gasteiger partial charge in [0.25, 0.3) is 0 Å². The largest absolute Gasteiger partial charge is 0.381 e. The lowest BCUT2D eigenvalue weighted by atomic mass is 9.90. The molecule has 3 rings (SSSR count). The van der Waals surface area contributed by atoms with Crippen molar-refractivity contribution in [3.63, 3.8) is 0 Å². The summed E-state index contributed by atoms with van der Waals surface area (Å²) in [6, 6.07) is 3.77. The van der Waals surface area contributed by atoms with Crippen molar-refractivity contribution in [3.8, 4) is 0 Å². The van der Waals surface area contributed by atoms with Crippen LogP contribution in [0.3, 0.4) is 0 Å². The van der Waals surface area contributed by atoms with Crippen LogP contribution in [0.1, 0.15) is 37.7 Å². The number of carbonyl (C=O) groups is 1. The van der Waals surface area contributed by atoms with Crippen LogP contribution in [-0.4, -0.2) is 37.1 Å². The molecule has 0 spiro atoms. The average Bonchev–Trinajstić information content (AvgIpc) is 2.61. The molecule has 2 saturated heterocycles. The highest BCUT2D eigenvalue weighted by atomic mass is 19.1. The summed E-state index contributed by atoms with van der Waals surface area (Å²) in [5.74, 6) is -0.252. The molecule has 1 amide bonds. The Morgan fingerprint density at radius 2 is 2.00 bits per heavy atom. The number of rotatable bonds is 4. The number of carbonyl (C=O) groups excluding carboxylic acids is 1. The highest BCUT2D eigenvalue weighted by Gasteiger charge is 2.29. The smallest absolute Gasteiger partial charge is 0.225 e. The monoisotopic (exact) mass is 337 g/mol. The van der Waals surface area contributed by atoms with Crippen molar-refractivity contribution in [1.29, 1.82) is 0 Å². The van der Waals surface area contributed by atoms with E-state index in [0.717, 1.165) is 51.3 Å². The fourth-order valence-electron chi connectivity index (χ4n) is 3.79. The molecule has 132 valence electrons. The van der Waals surface area contributed by atoms with E-state index >= 15 is 0 Å². The van der Waals surface area contributed by atoms with E-state index in [-0.39, 0.29) is 11.8 Å². The number of aryl methyl sites for hydroxylation is 1. The molecule has 3 nitrogen and oxygen atoms in total. The molecule has 0 saturated carbocycles. The SMILES string of the molecule is O=C(C1CCOCC1)N1CCC[C@@H](CCc2ccc(F)cc2F)C1. The van der Waals surface area contributed by atoms with Crippen LogP contribution in [0, 0.1) is 23.5 Å². The number of likely N-dealkylation sites (tertiary alicyclic amines) is 1. The van der Waals surface area contributed by atoms with Crippen LogP contribution in [0.5, 0.6) is 0 Å². The molecule has 24 heavy (non-hydrogen) atoms. The van der Waals surface area contributed by atoms with E-state index in [4.69, 9.17) is 4.74 Å². The quantitative estimate of drug-likeness (QED) is 0.841. The highest BCUT2D eigenvalue weighted by Crippen LogP contribution is 2.26. The van der Waals surface area contributed by atoms with E-state index < -0.39 is 11.6 Å². The van der Waals surface area contributed by atoms with Crippen molar-refractivity contribution in [1.82, 2.24) is 4.90 Å². The molecule has 5 heteroatoms. The minimum Gasteiger partial charge on any atom is -0.381 e. The molecular formula is C19H25F2NO2. The second-order valence-corrected chi connectivity index (χ2v) is 6.95. The van der Waals surface area contributed by atoms with Crippen LogP contribution in [0.25, 0.3) is 0 Å². The summed E-state index contributed by atoms with van der Waals surface area (Å²) in [5, 5.41) is 0. The molecule has 0 aromatic heterocycles. The van der Waals surface area contributed by atoms with Gasteiger partial charge in [0.1, 0.15) is 11.6 Å². The van der Waals surface area contributed by atoms with Gasteiger partial charge in [-0.15, -0.1) is 0 Å². The molecule has 2 heterocycles. The van der Waals surface area contributed by atoms with E-state index in [9.17, 15) is 13.6 Å². The molecular weight excluding hydrogens is 312 g/mol. The normalized spacial score (nSPS) is 22.6. The Morgan fingerprint density at radius 3 is 2.75 bits per heavy atom. The molecule has 2 fully saturated rings. The molecule has 1 aromatic rings. The van der Waals surface area contributed by atoms with Crippen LogP contribution in [0.2, 0.25) is 0 Å². The first-order chi connectivity index (χ1) is 11.6. The zero-order chi connectivity index (χ0) is 16.9. The first-order valence-electron chi connectivity index (χ1n) is 8.94. The van der Waals surface area contributed by atoms with E-state index in [2.05, 4.69) is 0 Å². The van der Waals surface area contributed by atoms with E-state index in [1.54, 1.807) is 0 Å². The fraction of sp³-hybridized carbons (Fsp3) is 0.632. The minimum absolute atomic E-state index is 0.104. The van der Waals surface area contributed by atoms with Crippen LogP contribution in [-0.2, 0) is 16.0 Å². The molecule has 2 aliphatic rings. The summed E-state index contributed by atoms with van der Waals surface area (Å²) in [7, 11) is 0. The summed E-state index contributed by atoms with van der Waals surface area (Å²) in [6.45, 7) is 2.95. The Balaban J connectivity index is 1.52. The topological polar surface area (TPSA) is 29.5 Å². The van der Waals surface area contributed by atoms with Gasteiger partial charge in [-0.2, -0.15) is 0 Å². The van der Waals surface area contributed by atoms with Crippen LogP contribution >= 0.6 is 0 Å². The third-order valence-electron chi connectivity index (χ3n) is 5.24. The molecule has 0 radical (unpaired) electrons. The summed E-state index contributed by atoms with van der Waals surface area (Å²) in [4.78, 5) is 14.6. The average molecular weight is 337 g/mol. The number of nitrogens with zero attached hydrogens (tertiary/aromatic N) is 1. The number of amides is 1. The maximum absolute atomic E-state index is 13.7. The first-order valence-corrected chi connectivity index (χ1v) is 8.94. The van der Waals surface area contributed by atoms with E-state index in [0.29, 0.717) is 31.1 Å². The van der Waals surface area contributed by atoms with Crippen molar-refractivity contribution in [2.45, 2.75) is 38.5 Å². The van der Waals surface area contributed by atoms with Gasteiger partial charge in [0.05, 0.1) is 0 Å². The van der Waals surface area contributed by atoms with E-state index in [1.165, 1.54) is 12.1 Å². The summed E-state index contributed by atoms with van der Waals surface area (Å²) >= 11 is 0. The third kappa shape index (κ3) is 4.32. The van der Waals surface area contributed by atoms with Gasteiger partial charge < -0.3 is 9.64 Å². The summed E-state index contributed by atoms with van der Waals surface area (Å²) in [5.41, 5.74) is 0.560. The fourth-order valence-corrected chi connectivity index (χ4v) is 3.79. The molecule has 0 unspecified atom stereocenters. The van der Waals surface area contributed by atoms with Crippen molar-refractivity contribution in [3.05, 3.63) is 35.4 Å². The van der Waals surface area contributed by atoms with Gasteiger partial charge in [-0.3, -0.25) is 4.79 Å². The van der Waals surface area contributed by atoms with Crippen molar-refractivity contribution >= 4 is 5.91 Å². The van der Waals surface area contributed by atoms with Crippen molar-refractivity contribution < 1.29 is 18.3 Å². The van der Waals surface area contributed by atoms with Crippen LogP contribution in [0.15, 0.2) is 18.2 Å². The first kappa shape index (κ1) is 17.3. The molecule has 0 aliphatic carbocycles. The van der Waals surface area contributed by atoms with Gasteiger partial charge >= 0.3 is 0 Å². The third-order valence-corrected chi connectivity index (χ3v) is 5.24. The number of hydrogen-bond donors (Lipinski definition) is 0. The minimum atomic E-state index is -0.540. The predicted molar refractivity (Wildman–Crippen MR) is 87.5 cm³/mol. The lowest BCUT2D eigenvalue weighted by Gasteiger charge is -2.36. The predicted octanol–water partition coefficient (Wildman–Crippen LogP) is 3.56. The Bertz CT molecular complexity index is 572. The standard InChI is InChI=1S/C19H25F2NO2/c20-17-6-5-15(18(21)12-17)4-3-14-2-1-9-22(13-14)19(23)16-7-10-24-11-8-16/h5-6,12,14,16H,1-4,7-11,13H2/t14-/m0/s1. The zero-order valence-electron chi connectivity index (χ0n) is 14.0. The number of piperidine rings is 1. The van der Waals surface area contributed by atoms with E-state index in [1.807, 2.05) is 4.90 Å². The molecule has 1 aromatic carbocycles. The van der Waals surface area contributed by atoms with Crippen molar-refractivity contribution in [2.24, 2.45) is 11.8 Å². The lowest BCUT2D eigenvalue weighted by molar-refractivity contribution is -0.140. The van der Waals surface area contributed by atoms with Crippen LogP contribution < -0.4 is 0 Å². The highest BCUT2D eigenvalue weighted by molar-refractivity contribution is 5.79. The summed E-state index contributed by atoms with van der Waals surface area (Å²) in [6.07, 6.45) is 5.14. The van der Waals surface area contributed by atoms with Gasteiger partial charge in [0.2, 0.25) is 5.91 Å². The Morgan fingerprint density at radius 1 is 1.21 bits per heavy atom.